The highest BCUT2D eigenvalue weighted by molar-refractivity contribution is 14.0. The molecule has 0 radical (unpaired) electrons. The highest BCUT2D eigenvalue weighted by Crippen LogP contribution is 2.31. The molecule has 5 heteroatoms. The Bertz CT molecular complexity index is 703. The standard InChI is InChI=1S/C19H23N3O.HI/c1-14-5-4-6-15(13-14)9-11-21-19(20)22-17-10-12-23-18-8-3-2-7-16(17)18;/h2-8,13,17H,9-12H2,1H3,(H3,20,21,22);1H. The van der Waals surface area contributed by atoms with E-state index in [0.29, 0.717) is 19.1 Å². The molecular formula is C19H24IN3O. The van der Waals surface area contributed by atoms with Crippen LogP contribution in [0, 0.1) is 6.92 Å². The van der Waals surface area contributed by atoms with Crippen LogP contribution in [0.25, 0.3) is 0 Å². The predicted octanol–water partition coefficient (Wildman–Crippen LogP) is 3.58. The highest BCUT2D eigenvalue weighted by Gasteiger charge is 2.21. The van der Waals surface area contributed by atoms with Crippen molar-refractivity contribution in [3.8, 4) is 5.75 Å². The molecule has 0 bridgehead atoms. The molecule has 0 aromatic heterocycles. The van der Waals surface area contributed by atoms with Crippen LogP contribution in [0.1, 0.15) is 29.2 Å². The van der Waals surface area contributed by atoms with E-state index in [2.05, 4.69) is 47.6 Å². The number of ether oxygens (including phenoxy) is 1. The first-order chi connectivity index (χ1) is 11.2. The fourth-order valence-electron chi connectivity index (χ4n) is 2.89. The zero-order valence-electron chi connectivity index (χ0n) is 13.9. The molecular weight excluding hydrogens is 413 g/mol. The lowest BCUT2D eigenvalue weighted by Crippen LogP contribution is -2.37. The molecule has 1 aliphatic heterocycles. The molecule has 1 atom stereocenters. The molecule has 3 rings (SSSR count). The number of fused-ring (bicyclic) bond motifs is 1. The molecule has 0 saturated heterocycles. The molecule has 1 unspecified atom stereocenters. The van der Waals surface area contributed by atoms with Gasteiger partial charge < -0.3 is 15.8 Å². The van der Waals surface area contributed by atoms with Crippen molar-refractivity contribution < 1.29 is 4.74 Å². The topological polar surface area (TPSA) is 59.6 Å². The van der Waals surface area contributed by atoms with Gasteiger partial charge in [0.1, 0.15) is 5.75 Å². The van der Waals surface area contributed by atoms with Crippen LogP contribution in [0.3, 0.4) is 0 Å². The van der Waals surface area contributed by atoms with Crippen molar-refractivity contribution in [2.45, 2.75) is 25.8 Å². The first-order valence-electron chi connectivity index (χ1n) is 8.06. The van der Waals surface area contributed by atoms with E-state index in [1.165, 1.54) is 11.1 Å². The third-order valence-electron chi connectivity index (χ3n) is 4.05. The summed E-state index contributed by atoms with van der Waals surface area (Å²) < 4.78 is 5.66. The van der Waals surface area contributed by atoms with Crippen molar-refractivity contribution in [1.29, 1.82) is 0 Å². The second-order valence-corrected chi connectivity index (χ2v) is 5.88. The number of aliphatic imine (C=N–C) groups is 1. The SMILES string of the molecule is Cc1cccc(CCN=C(N)NC2CCOc3ccccc32)c1.I. The van der Waals surface area contributed by atoms with Crippen molar-refractivity contribution in [2.24, 2.45) is 10.7 Å². The van der Waals surface area contributed by atoms with Gasteiger partial charge in [0.2, 0.25) is 0 Å². The number of rotatable bonds is 4. The Kier molecular flexibility index (Phi) is 6.90. The molecule has 0 fully saturated rings. The van der Waals surface area contributed by atoms with Crippen molar-refractivity contribution >= 4 is 29.9 Å². The van der Waals surface area contributed by atoms with Gasteiger partial charge in [0.05, 0.1) is 12.6 Å². The fourth-order valence-corrected chi connectivity index (χ4v) is 2.89. The molecule has 1 heterocycles. The van der Waals surface area contributed by atoms with Gasteiger partial charge in [0.15, 0.2) is 5.96 Å². The van der Waals surface area contributed by atoms with Crippen molar-refractivity contribution in [3.63, 3.8) is 0 Å². The predicted molar refractivity (Wildman–Crippen MR) is 109 cm³/mol. The number of hydrogen-bond acceptors (Lipinski definition) is 2. The number of para-hydroxylation sites is 1. The lowest BCUT2D eigenvalue weighted by atomic mass is 10.0. The van der Waals surface area contributed by atoms with Crippen LogP contribution >= 0.6 is 24.0 Å². The molecule has 128 valence electrons. The Morgan fingerprint density at radius 3 is 2.92 bits per heavy atom. The summed E-state index contributed by atoms with van der Waals surface area (Å²) in [6, 6.07) is 16.7. The van der Waals surface area contributed by atoms with Crippen LogP contribution in [0.4, 0.5) is 0 Å². The second kappa shape index (κ2) is 8.92. The Morgan fingerprint density at radius 1 is 1.25 bits per heavy atom. The normalized spacial score (nSPS) is 16.5. The van der Waals surface area contributed by atoms with Crippen LogP contribution in [-0.2, 0) is 6.42 Å². The maximum Gasteiger partial charge on any atom is 0.189 e. The lowest BCUT2D eigenvalue weighted by Gasteiger charge is -2.26. The summed E-state index contributed by atoms with van der Waals surface area (Å²) in [6.07, 6.45) is 1.79. The number of nitrogens with zero attached hydrogens (tertiary/aromatic N) is 1. The van der Waals surface area contributed by atoms with Gasteiger partial charge >= 0.3 is 0 Å². The molecule has 2 aromatic carbocycles. The Labute approximate surface area is 160 Å². The summed E-state index contributed by atoms with van der Waals surface area (Å²) in [5, 5.41) is 3.32. The van der Waals surface area contributed by atoms with Gasteiger partial charge in [-0.2, -0.15) is 0 Å². The van der Waals surface area contributed by atoms with Gasteiger partial charge in [-0.3, -0.25) is 4.99 Å². The quantitative estimate of drug-likeness (QED) is 0.437. The summed E-state index contributed by atoms with van der Waals surface area (Å²) in [4.78, 5) is 4.46. The maximum absolute atomic E-state index is 6.05. The monoisotopic (exact) mass is 437 g/mol. The first-order valence-corrected chi connectivity index (χ1v) is 8.06. The minimum Gasteiger partial charge on any atom is -0.493 e. The fraction of sp³-hybridized carbons (Fsp3) is 0.316. The summed E-state index contributed by atoms with van der Waals surface area (Å²) in [6.45, 7) is 3.49. The third kappa shape index (κ3) is 4.87. The summed E-state index contributed by atoms with van der Waals surface area (Å²) in [5.41, 5.74) is 9.77. The van der Waals surface area contributed by atoms with Crippen molar-refractivity contribution in [3.05, 3.63) is 65.2 Å². The van der Waals surface area contributed by atoms with Gasteiger partial charge in [-0.05, 0) is 25.0 Å². The summed E-state index contributed by atoms with van der Waals surface area (Å²) in [5.74, 6) is 1.43. The molecule has 0 amide bonds. The Balaban J connectivity index is 0.00000208. The number of aryl methyl sites for hydroxylation is 1. The molecule has 0 aliphatic carbocycles. The van der Waals surface area contributed by atoms with Crippen LogP contribution in [-0.4, -0.2) is 19.1 Å². The van der Waals surface area contributed by atoms with E-state index in [4.69, 9.17) is 10.5 Å². The number of halogens is 1. The lowest BCUT2D eigenvalue weighted by molar-refractivity contribution is 0.262. The summed E-state index contributed by atoms with van der Waals surface area (Å²) in [7, 11) is 0. The average Bonchev–Trinajstić information content (AvgIpc) is 2.55. The first kappa shape index (κ1) is 18.6. The number of nitrogens with one attached hydrogen (secondary N) is 1. The third-order valence-corrected chi connectivity index (χ3v) is 4.05. The smallest absolute Gasteiger partial charge is 0.189 e. The van der Waals surface area contributed by atoms with E-state index < -0.39 is 0 Å². The van der Waals surface area contributed by atoms with Crippen LogP contribution < -0.4 is 15.8 Å². The average molecular weight is 437 g/mol. The molecule has 3 N–H and O–H groups in total. The molecule has 2 aromatic rings. The molecule has 4 nitrogen and oxygen atoms in total. The number of benzene rings is 2. The zero-order chi connectivity index (χ0) is 16.1. The van der Waals surface area contributed by atoms with Crippen LogP contribution in [0.2, 0.25) is 0 Å². The van der Waals surface area contributed by atoms with Gasteiger partial charge in [0.25, 0.3) is 0 Å². The van der Waals surface area contributed by atoms with Gasteiger partial charge in [-0.15, -0.1) is 24.0 Å². The molecule has 1 aliphatic rings. The van der Waals surface area contributed by atoms with Crippen LogP contribution in [0.15, 0.2) is 53.5 Å². The van der Waals surface area contributed by atoms with Crippen LogP contribution in [0.5, 0.6) is 5.75 Å². The number of guanidine groups is 1. The van der Waals surface area contributed by atoms with E-state index in [1.807, 2.05) is 18.2 Å². The van der Waals surface area contributed by atoms with E-state index in [-0.39, 0.29) is 30.0 Å². The minimum absolute atomic E-state index is 0. The second-order valence-electron chi connectivity index (χ2n) is 5.88. The van der Waals surface area contributed by atoms with E-state index in [0.717, 1.165) is 24.2 Å². The van der Waals surface area contributed by atoms with E-state index >= 15 is 0 Å². The number of nitrogens with two attached hydrogens (primary N) is 1. The minimum atomic E-state index is 0. The largest absolute Gasteiger partial charge is 0.493 e. The van der Waals surface area contributed by atoms with Gasteiger partial charge in [-0.1, -0.05) is 48.0 Å². The van der Waals surface area contributed by atoms with Gasteiger partial charge in [-0.25, -0.2) is 0 Å². The molecule has 0 spiro atoms. The van der Waals surface area contributed by atoms with Crippen molar-refractivity contribution in [2.75, 3.05) is 13.2 Å². The van der Waals surface area contributed by atoms with Crippen molar-refractivity contribution in [1.82, 2.24) is 5.32 Å². The Morgan fingerprint density at radius 2 is 2.08 bits per heavy atom. The van der Waals surface area contributed by atoms with E-state index in [9.17, 15) is 0 Å². The van der Waals surface area contributed by atoms with Gasteiger partial charge in [0, 0.05) is 18.5 Å². The highest BCUT2D eigenvalue weighted by atomic mass is 127. The zero-order valence-corrected chi connectivity index (χ0v) is 16.2. The Hall–Kier alpha value is -1.76. The molecule has 24 heavy (non-hydrogen) atoms. The number of hydrogen-bond donors (Lipinski definition) is 2. The van der Waals surface area contributed by atoms with E-state index in [1.54, 1.807) is 0 Å². The maximum atomic E-state index is 6.05. The summed E-state index contributed by atoms with van der Waals surface area (Å²) >= 11 is 0. The molecule has 0 saturated carbocycles.